The van der Waals surface area contributed by atoms with Crippen LogP contribution in [0.25, 0.3) is 0 Å². The quantitative estimate of drug-likeness (QED) is 0.889. The maximum Gasteiger partial charge on any atom is 0.144 e. The predicted molar refractivity (Wildman–Crippen MR) is 71.1 cm³/mol. The number of benzene rings is 1. The summed E-state index contributed by atoms with van der Waals surface area (Å²) >= 11 is 3.49. The summed E-state index contributed by atoms with van der Waals surface area (Å²) in [6, 6.07) is 10.3. The van der Waals surface area contributed by atoms with Crippen LogP contribution in [0.15, 0.2) is 41.0 Å². The van der Waals surface area contributed by atoms with Gasteiger partial charge in [-0.1, -0.05) is 17.7 Å². The fourth-order valence-electron chi connectivity index (χ4n) is 1.40. The minimum Gasteiger partial charge on any atom is -0.339 e. The molecule has 1 N–H and O–H groups in total. The Morgan fingerprint density at radius 1 is 1.06 bits per heavy atom. The van der Waals surface area contributed by atoms with Crippen LogP contribution in [0.5, 0.6) is 0 Å². The van der Waals surface area contributed by atoms with Gasteiger partial charge in [-0.05, 0) is 53.5 Å². The summed E-state index contributed by atoms with van der Waals surface area (Å²) in [6.07, 6.45) is 1.85. The second-order valence-corrected chi connectivity index (χ2v) is 4.69. The molecule has 16 heavy (non-hydrogen) atoms. The molecule has 0 aliphatic carbocycles. The number of nitrogens with one attached hydrogen (secondary N) is 1. The summed E-state index contributed by atoms with van der Waals surface area (Å²) in [5, 5.41) is 3.27. The van der Waals surface area contributed by atoms with E-state index in [0.717, 1.165) is 21.5 Å². The molecule has 2 aromatic rings. The number of aryl methyl sites for hydroxylation is 2. The number of halogens is 1. The summed E-state index contributed by atoms with van der Waals surface area (Å²) in [4.78, 5) is 4.34. The second kappa shape index (κ2) is 4.66. The Bertz CT molecular complexity index is 492. The summed E-state index contributed by atoms with van der Waals surface area (Å²) in [7, 11) is 0. The smallest absolute Gasteiger partial charge is 0.144 e. The monoisotopic (exact) mass is 276 g/mol. The van der Waals surface area contributed by atoms with Crippen molar-refractivity contribution in [1.29, 1.82) is 0 Å². The first-order valence-electron chi connectivity index (χ1n) is 5.11. The van der Waals surface area contributed by atoms with Crippen molar-refractivity contribution in [1.82, 2.24) is 4.98 Å². The van der Waals surface area contributed by atoms with E-state index in [1.54, 1.807) is 0 Å². The van der Waals surface area contributed by atoms with Gasteiger partial charge in [0.25, 0.3) is 0 Å². The van der Waals surface area contributed by atoms with Gasteiger partial charge in [0.2, 0.25) is 0 Å². The molecule has 0 atom stereocenters. The van der Waals surface area contributed by atoms with Crippen LogP contribution in [0.2, 0.25) is 0 Å². The summed E-state index contributed by atoms with van der Waals surface area (Å²) in [5.74, 6) is 0.842. The lowest BCUT2D eigenvalue weighted by molar-refractivity contribution is 1.24. The molecule has 0 saturated carbocycles. The van der Waals surface area contributed by atoms with E-state index < -0.39 is 0 Å². The van der Waals surface area contributed by atoms with E-state index in [2.05, 4.69) is 45.3 Å². The molecule has 2 rings (SSSR count). The lowest BCUT2D eigenvalue weighted by Crippen LogP contribution is -1.94. The molecule has 82 valence electrons. The minimum atomic E-state index is 0.842. The Hall–Kier alpha value is -1.35. The molecule has 0 fully saturated rings. The number of rotatable bonds is 2. The Morgan fingerprint density at radius 3 is 2.38 bits per heavy atom. The van der Waals surface area contributed by atoms with Gasteiger partial charge in [-0.25, -0.2) is 4.98 Å². The molecule has 0 bridgehead atoms. The van der Waals surface area contributed by atoms with E-state index in [4.69, 9.17) is 0 Å². The number of pyridine rings is 1. The summed E-state index contributed by atoms with van der Waals surface area (Å²) in [5.41, 5.74) is 3.44. The zero-order chi connectivity index (χ0) is 11.5. The molecule has 0 amide bonds. The highest BCUT2D eigenvalue weighted by molar-refractivity contribution is 9.10. The van der Waals surface area contributed by atoms with Crippen molar-refractivity contribution in [3.8, 4) is 0 Å². The minimum absolute atomic E-state index is 0.842. The molecule has 0 radical (unpaired) electrons. The fourth-order valence-corrected chi connectivity index (χ4v) is 1.96. The largest absolute Gasteiger partial charge is 0.339 e. The molecule has 1 aromatic heterocycles. The normalized spacial score (nSPS) is 10.2. The van der Waals surface area contributed by atoms with Crippen molar-refractivity contribution in [2.75, 3.05) is 5.32 Å². The molecule has 0 aliphatic heterocycles. The van der Waals surface area contributed by atoms with Crippen LogP contribution in [0.3, 0.4) is 0 Å². The number of hydrogen-bond donors (Lipinski definition) is 1. The first-order valence-corrected chi connectivity index (χ1v) is 5.90. The van der Waals surface area contributed by atoms with Crippen LogP contribution >= 0.6 is 15.9 Å². The van der Waals surface area contributed by atoms with Crippen molar-refractivity contribution < 1.29 is 0 Å². The van der Waals surface area contributed by atoms with Gasteiger partial charge in [0.1, 0.15) is 5.82 Å². The maximum absolute atomic E-state index is 4.34. The summed E-state index contributed by atoms with van der Waals surface area (Å²) < 4.78 is 0.980. The van der Waals surface area contributed by atoms with E-state index >= 15 is 0 Å². The third-order valence-corrected chi connectivity index (χ3v) is 2.90. The topological polar surface area (TPSA) is 24.9 Å². The van der Waals surface area contributed by atoms with Gasteiger partial charge >= 0.3 is 0 Å². The van der Waals surface area contributed by atoms with Crippen LogP contribution < -0.4 is 5.32 Å². The van der Waals surface area contributed by atoms with Crippen molar-refractivity contribution in [2.24, 2.45) is 0 Å². The highest BCUT2D eigenvalue weighted by Gasteiger charge is 2.01. The van der Waals surface area contributed by atoms with E-state index in [0.29, 0.717) is 0 Å². The van der Waals surface area contributed by atoms with Gasteiger partial charge in [0.05, 0.1) is 4.47 Å². The van der Waals surface area contributed by atoms with Crippen LogP contribution in [0, 0.1) is 13.8 Å². The summed E-state index contributed by atoms with van der Waals surface area (Å²) in [6.45, 7) is 4.09. The molecule has 2 nitrogen and oxygen atoms in total. The van der Waals surface area contributed by atoms with Gasteiger partial charge in [-0.15, -0.1) is 0 Å². The zero-order valence-electron chi connectivity index (χ0n) is 9.29. The predicted octanol–water partition coefficient (Wildman–Crippen LogP) is 4.20. The second-order valence-electron chi connectivity index (χ2n) is 3.83. The number of hydrogen-bond acceptors (Lipinski definition) is 2. The molecule has 0 aliphatic rings. The molecule has 3 heteroatoms. The molecule has 0 unspecified atom stereocenters. The van der Waals surface area contributed by atoms with Crippen LogP contribution in [-0.2, 0) is 0 Å². The van der Waals surface area contributed by atoms with E-state index in [-0.39, 0.29) is 0 Å². The number of anilines is 2. The molecular weight excluding hydrogens is 264 g/mol. The molecule has 1 aromatic carbocycles. The first kappa shape index (κ1) is 11.1. The highest BCUT2D eigenvalue weighted by Crippen LogP contribution is 2.24. The zero-order valence-corrected chi connectivity index (χ0v) is 10.9. The molecule has 0 saturated heterocycles. The van der Waals surface area contributed by atoms with Gasteiger partial charge in [0, 0.05) is 11.9 Å². The van der Waals surface area contributed by atoms with Crippen molar-refractivity contribution in [2.45, 2.75) is 13.8 Å². The fraction of sp³-hybridized carbons (Fsp3) is 0.154. The Labute approximate surface area is 104 Å². The maximum atomic E-state index is 4.34. The van der Waals surface area contributed by atoms with E-state index in [1.807, 2.05) is 31.3 Å². The SMILES string of the molecule is Cc1ccc(Nc2ncc(C)cc2Br)cc1. The molecular formula is C13H13BrN2. The van der Waals surface area contributed by atoms with Gasteiger partial charge in [-0.3, -0.25) is 0 Å². The molecule has 1 heterocycles. The average Bonchev–Trinajstić information content (AvgIpc) is 2.25. The van der Waals surface area contributed by atoms with Crippen molar-refractivity contribution in [3.05, 3.63) is 52.1 Å². The van der Waals surface area contributed by atoms with E-state index in [9.17, 15) is 0 Å². The lowest BCUT2D eigenvalue weighted by Gasteiger charge is -2.08. The Kier molecular flexibility index (Phi) is 3.25. The molecule has 0 spiro atoms. The van der Waals surface area contributed by atoms with Gasteiger partial charge < -0.3 is 5.32 Å². The average molecular weight is 277 g/mol. The Morgan fingerprint density at radius 2 is 1.75 bits per heavy atom. The number of aromatic nitrogens is 1. The van der Waals surface area contributed by atoms with E-state index in [1.165, 1.54) is 5.56 Å². The Balaban J connectivity index is 2.23. The highest BCUT2D eigenvalue weighted by atomic mass is 79.9. The number of nitrogens with zero attached hydrogens (tertiary/aromatic N) is 1. The van der Waals surface area contributed by atoms with Crippen LogP contribution in [0.1, 0.15) is 11.1 Å². The standard InChI is InChI=1S/C13H13BrN2/c1-9-3-5-11(6-4-9)16-13-12(14)7-10(2)8-15-13/h3-8H,1-2H3,(H,15,16). The van der Waals surface area contributed by atoms with Crippen LogP contribution in [-0.4, -0.2) is 4.98 Å². The third-order valence-electron chi connectivity index (χ3n) is 2.29. The van der Waals surface area contributed by atoms with Gasteiger partial charge in [0.15, 0.2) is 0 Å². The third kappa shape index (κ3) is 2.61. The first-order chi connectivity index (χ1) is 7.65. The van der Waals surface area contributed by atoms with Crippen molar-refractivity contribution in [3.63, 3.8) is 0 Å². The lowest BCUT2D eigenvalue weighted by atomic mass is 10.2. The van der Waals surface area contributed by atoms with Gasteiger partial charge in [-0.2, -0.15) is 0 Å². The van der Waals surface area contributed by atoms with Crippen LogP contribution in [0.4, 0.5) is 11.5 Å². The van der Waals surface area contributed by atoms with Crippen molar-refractivity contribution >= 4 is 27.4 Å².